The maximum atomic E-state index is 13.4. The summed E-state index contributed by atoms with van der Waals surface area (Å²) in [4.78, 5) is 8.26. The van der Waals surface area contributed by atoms with Gasteiger partial charge in [0.2, 0.25) is 5.95 Å². The van der Waals surface area contributed by atoms with Crippen LogP contribution in [-0.4, -0.2) is 26.8 Å². The van der Waals surface area contributed by atoms with Gasteiger partial charge in [0.05, 0.1) is 29.5 Å². The molecule has 0 amide bonds. The zero-order valence-electron chi connectivity index (χ0n) is 13.4. The fraction of sp³-hybridized carbons (Fsp3) is 0.125. The largest absolute Gasteiger partial charge is 0.372 e. The van der Waals surface area contributed by atoms with Crippen molar-refractivity contribution in [1.82, 2.24) is 19.7 Å². The molecule has 2 aromatic heterocycles. The quantitative estimate of drug-likeness (QED) is 0.758. The van der Waals surface area contributed by atoms with Gasteiger partial charge in [0.25, 0.3) is 0 Å². The summed E-state index contributed by atoms with van der Waals surface area (Å²) in [5.41, 5.74) is 1.72. The molecule has 0 radical (unpaired) electrons. The van der Waals surface area contributed by atoms with Gasteiger partial charge in [0, 0.05) is 13.1 Å². The van der Waals surface area contributed by atoms with Crippen molar-refractivity contribution in [2.45, 2.75) is 6.92 Å². The zero-order valence-corrected chi connectivity index (χ0v) is 13.4. The molecule has 3 rings (SSSR count). The molecule has 0 saturated carbocycles. The molecule has 7 nitrogen and oxygen atoms in total. The summed E-state index contributed by atoms with van der Waals surface area (Å²) in [6, 6.07) is 5.13. The van der Waals surface area contributed by atoms with E-state index in [1.807, 2.05) is 6.07 Å². The summed E-state index contributed by atoms with van der Waals surface area (Å²) >= 11 is 0. The molecule has 0 atom stereocenters. The van der Waals surface area contributed by atoms with Crippen LogP contribution < -0.4 is 10.6 Å². The smallest absolute Gasteiger partial charge is 0.229 e. The highest BCUT2D eigenvalue weighted by Crippen LogP contribution is 2.22. The van der Waals surface area contributed by atoms with Gasteiger partial charge in [-0.25, -0.2) is 18.4 Å². The number of aromatic nitrogens is 4. The van der Waals surface area contributed by atoms with Crippen molar-refractivity contribution in [3.05, 3.63) is 53.5 Å². The molecule has 0 spiro atoms. The molecule has 1 aromatic carbocycles. The van der Waals surface area contributed by atoms with Crippen LogP contribution in [0.2, 0.25) is 0 Å². The number of hydrogen-bond acceptors (Lipinski definition) is 6. The minimum Gasteiger partial charge on any atom is -0.372 e. The number of hydrogen-bond donors (Lipinski definition) is 2. The first-order valence-electron chi connectivity index (χ1n) is 7.25. The van der Waals surface area contributed by atoms with Gasteiger partial charge in [-0.15, -0.1) is 0 Å². The highest BCUT2D eigenvalue weighted by atomic mass is 19.1. The molecule has 0 saturated heterocycles. The van der Waals surface area contributed by atoms with Crippen LogP contribution in [0.4, 0.5) is 26.2 Å². The van der Waals surface area contributed by atoms with Crippen LogP contribution in [0.1, 0.15) is 11.3 Å². The van der Waals surface area contributed by atoms with Crippen LogP contribution in [0.3, 0.4) is 0 Å². The lowest BCUT2D eigenvalue weighted by molar-refractivity contribution is 0.580. The fourth-order valence-corrected chi connectivity index (χ4v) is 2.22. The van der Waals surface area contributed by atoms with Crippen molar-refractivity contribution >= 4 is 17.5 Å². The Morgan fingerprint density at radius 2 is 1.92 bits per heavy atom. The molecule has 2 N–H and O–H groups in total. The number of halogens is 2. The molecule has 0 aliphatic heterocycles. The fourth-order valence-electron chi connectivity index (χ4n) is 2.22. The molecule has 126 valence electrons. The monoisotopic (exact) mass is 341 g/mol. The normalized spacial score (nSPS) is 10.4. The lowest BCUT2D eigenvalue weighted by atomic mass is 10.3. The molecular weight excluding hydrogens is 328 g/mol. The van der Waals surface area contributed by atoms with Crippen LogP contribution in [0.5, 0.6) is 0 Å². The van der Waals surface area contributed by atoms with E-state index in [2.05, 4.69) is 25.7 Å². The summed E-state index contributed by atoms with van der Waals surface area (Å²) < 4.78 is 28.1. The first-order chi connectivity index (χ1) is 12.0. The van der Waals surface area contributed by atoms with E-state index < -0.39 is 11.6 Å². The third-order valence-corrected chi connectivity index (χ3v) is 3.40. The Morgan fingerprint density at radius 3 is 2.56 bits per heavy atom. The highest BCUT2D eigenvalue weighted by molar-refractivity contribution is 5.60. The van der Waals surface area contributed by atoms with Crippen molar-refractivity contribution in [2.75, 3.05) is 17.7 Å². The van der Waals surface area contributed by atoms with Crippen LogP contribution >= 0.6 is 0 Å². The molecule has 0 aliphatic rings. The number of anilines is 3. The molecule has 0 aliphatic carbocycles. The SMILES string of the molecule is CNc1nc(Nc2cn(-c3cc(F)cc(F)c3)nc2C)ncc1C#N. The summed E-state index contributed by atoms with van der Waals surface area (Å²) in [7, 11) is 1.65. The topological polar surface area (TPSA) is 91.4 Å². The number of nitriles is 1. The van der Waals surface area contributed by atoms with Crippen molar-refractivity contribution in [3.63, 3.8) is 0 Å². The predicted octanol–water partition coefficient (Wildman–Crippen LogP) is 2.91. The molecule has 2 heterocycles. The van der Waals surface area contributed by atoms with Crippen LogP contribution in [0, 0.1) is 29.9 Å². The van der Waals surface area contributed by atoms with Crippen LogP contribution in [0.15, 0.2) is 30.6 Å². The number of nitrogens with zero attached hydrogens (tertiary/aromatic N) is 5. The van der Waals surface area contributed by atoms with Gasteiger partial charge in [0.15, 0.2) is 0 Å². The van der Waals surface area contributed by atoms with E-state index in [4.69, 9.17) is 5.26 Å². The second-order valence-corrected chi connectivity index (χ2v) is 5.14. The Labute approximate surface area is 142 Å². The average molecular weight is 341 g/mol. The first-order valence-corrected chi connectivity index (χ1v) is 7.25. The molecule has 3 aromatic rings. The summed E-state index contributed by atoms with van der Waals surface area (Å²) in [6.07, 6.45) is 2.97. The predicted molar refractivity (Wildman–Crippen MR) is 87.8 cm³/mol. The minimum atomic E-state index is -0.688. The number of rotatable bonds is 4. The van der Waals surface area contributed by atoms with Crippen LogP contribution in [0.25, 0.3) is 5.69 Å². The Bertz CT molecular complexity index is 955. The van der Waals surface area contributed by atoms with Gasteiger partial charge in [-0.05, 0) is 19.1 Å². The summed E-state index contributed by atoms with van der Waals surface area (Å²) in [6.45, 7) is 1.73. The zero-order chi connectivity index (χ0) is 18.0. The van der Waals surface area contributed by atoms with E-state index in [9.17, 15) is 8.78 Å². The van der Waals surface area contributed by atoms with Crippen molar-refractivity contribution < 1.29 is 8.78 Å². The summed E-state index contributed by atoms with van der Waals surface area (Å²) in [5, 5.41) is 19.0. The second kappa shape index (κ2) is 6.52. The Balaban J connectivity index is 1.92. The van der Waals surface area contributed by atoms with Crippen molar-refractivity contribution in [3.8, 4) is 11.8 Å². The van der Waals surface area contributed by atoms with E-state index in [0.29, 0.717) is 22.8 Å². The summed E-state index contributed by atoms with van der Waals surface area (Å²) in [5.74, 6) is -0.729. The maximum Gasteiger partial charge on any atom is 0.229 e. The van der Waals surface area contributed by atoms with Crippen LogP contribution in [-0.2, 0) is 0 Å². The molecule has 0 unspecified atom stereocenters. The number of nitrogens with one attached hydrogen (secondary N) is 2. The molecule has 9 heteroatoms. The van der Waals surface area contributed by atoms with E-state index in [1.54, 1.807) is 20.2 Å². The third kappa shape index (κ3) is 3.37. The average Bonchev–Trinajstić information content (AvgIpc) is 2.94. The minimum absolute atomic E-state index is 0.255. The van der Waals surface area contributed by atoms with Gasteiger partial charge in [0.1, 0.15) is 29.1 Å². The van der Waals surface area contributed by atoms with E-state index in [1.165, 1.54) is 23.0 Å². The Kier molecular flexibility index (Phi) is 4.26. The van der Waals surface area contributed by atoms with Gasteiger partial charge in [-0.2, -0.15) is 15.3 Å². The molecular formula is C16H13F2N7. The third-order valence-electron chi connectivity index (χ3n) is 3.40. The first kappa shape index (κ1) is 16.3. The number of benzene rings is 1. The van der Waals surface area contributed by atoms with Gasteiger partial charge in [-0.3, -0.25) is 0 Å². The van der Waals surface area contributed by atoms with Crippen molar-refractivity contribution in [2.24, 2.45) is 0 Å². The van der Waals surface area contributed by atoms with E-state index >= 15 is 0 Å². The highest BCUT2D eigenvalue weighted by Gasteiger charge is 2.11. The Hall–Kier alpha value is -3.54. The maximum absolute atomic E-state index is 13.4. The number of aryl methyl sites for hydroxylation is 1. The lowest BCUT2D eigenvalue weighted by Gasteiger charge is -2.06. The van der Waals surface area contributed by atoms with Crippen molar-refractivity contribution in [1.29, 1.82) is 5.26 Å². The van der Waals surface area contributed by atoms with Gasteiger partial charge >= 0.3 is 0 Å². The Morgan fingerprint density at radius 1 is 1.20 bits per heavy atom. The standard InChI is InChI=1S/C16H13F2N7/c1-9-14(22-16-21-7-10(6-19)15(20-2)23-16)8-25(24-9)13-4-11(17)3-12(18)5-13/h3-5,7-8H,1-2H3,(H2,20,21,22,23). The van der Waals surface area contributed by atoms with Gasteiger partial charge < -0.3 is 10.6 Å². The lowest BCUT2D eigenvalue weighted by Crippen LogP contribution is -2.03. The second-order valence-electron chi connectivity index (χ2n) is 5.14. The molecule has 0 fully saturated rings. The van der Waals surface area contributed by atoms with E-state index in [0.717, 1.165) is 6.07 Å². The van der Waals surface area contributed by atoms with Gasteiger partial charge in [-0.1, -0.05) is 0 Å². The molecule has 0 bridgehead atoms. The van der Waals surface area contributed by atoms with E-state index in [-0.39, 0.29) is 11.6 Å². The molecule has 25 heavy (non-hydrogen) atoms.